The monoisotopic (exact) mass is 315 g/mol. The summed E-state index contributed by atoms with van der Waals surface area (Å²) >= 11 is 0. The number of carbonyl (C=O) groups is 1. The van der Waals surface area contributed by atoms with Gasteiger partial charge in [-0.3, -0.25) is 4.79 Å². The molecule has 1 N–H and O–H groups in total. The Kier molecular flexibility index (Phi) is 4.08. The molecule has 2 aliphatic rings. The number of hydrogen-bond acceptors (Lipinski definition) is 3. The molecule has 0 unspecified atom stereocenters. The number of carbonyl (C=O) groups excluding carboxylic acids is 1. The van der Waals surface area contributed by atoms with Crippen LogP contribution in [0.25, 0.3) is 0 Å². The van der Waals surface area contributed by atoms with Gasteiger partial charge in [-0.15, -0.1) is 0 Å². The van der Waals surface area contributed by atoms with E-state index in [4.69, 9.17) is 0 Å². The topological polar surface area (TPSA) is 63.2 Å². The van der Waals surface area contributed by atoms with E-state index in [-0.39, 0.29) is 22.4 Å². The Morgan fingerprint density at radius 3 is 2.33 bits per heavy atom. The molecule has 2 fully saturated rings. The van der Waals surface area contributed by atoms with E-state index in [0.717, 1.165) is 19.3 Å². The minimum absolute atomic E-state index is 0.0352. The highest BCUT2D eigenvalue weighted by atomic mass is 32.2. The molecule has 2 aliphatic carbocycles. The summed E-state index contributed by atoms with van der Waals surface area (Å²) in [6.45, 7) is 10.8. The molecule has 2 atom stereocenters. The minimum atomic E-state index is -3.41. The first-order valence-electron chi connectivity index (χ1n) is 7.90. The van der Waals surface area contributed by atoms with Gasteiger partial charge in [0.05, 0.1) is 5.75 Å². The van der Waals surface area contributed by atoms with Gasteiger partial charge in [-0.25, -0.2) is 13.1 Å². The van der Waals surface area contributed by atoms with Gasteiger partial charge in [-0.1, -0.05) is 34.6 Å². The van der Waals surface area contributed by atoms with Crippen molar-refractivity contribution in [2.24, 2.45) is 22.2 Å². The quantitative estimate of drug-likeness (QED) is 0.848. The van der Waals surface area contributed by atoms with E-state index in [0.29, 0.717) is 18.9 Å². The zero-order chi connectivity index (χ0) is 16.1. The molecule has 2 saturated carbocycles. The Balaban J connectivity index is 2.08. The maximum atomic E-state index is 12.4. The Hall–Kier alpha value is -0.420. The zero-order valence-electron chi connectivity index (χ0n) is 14.0. The molecule has 0 aliphatic heterocycles. The van der Waals surface area contributed by atoms with Crippen molar-refractivity contribution in [1.82, 2.24) is 4.72 Å². The van der Waals surface area contributed by atoms with Gasteiger partial charge in [0.25, 0.3) is 0 Å². The Morgan fingerprint density at radius 2 is 1.90 bits per heavy atom. The fourth-order valence-electron chi connectivity index (χ4n) is 4.07. The highest BCUT2D eigenvalue weighted by Crippen LogP contribution is 2.64. The number of hydrogen-bond donors (Lipinski definition) is 1. The molecule has 0 radical (unpaired) electrons. The van der Waals surface area contributed by atoms with E-state index in [1.807, 2.05) is 0 Å². The van der Waals surface area contributed by atoms with E-state index in [1.165, 1.54) is 0 Å². The molecule has 0 aromatic rings. The van der Waals surface area contributed by atoms with Crippen LogP contribution in [0.4, 0.5) is 0 Å². The Bertz CT molecular complexity index is 530. The molecule has 21 heavy (non-hydrogen) atoms. The molecular weight excluding hydrogens is 286 g/mol. The molecule has 0 spiro atoms. The van der Waals surface area contributed by atoms with Crippen LogP contribution >= 0.6 is 0 Å². The number of sulfonamides is 1. The van der Waals surface area contributed by atoms with Gasteiger partial charge in [0.1, 0.15) is 5.78 Å². The smallest absolute Gasteiger partial charge is 0.212 e. The fourth-order valence-corrected chi connectivity index (χ4v) is 5.91. The second kappa shape index (κ2) is 5.05. The first kappa shape index (κ1) is 16.9. The van der Waals surface area contributed by atoms with Gasteiger partial charge in [-0.2, -0.15) is 0 Å². The van der Waals surface area contributed by atoms with Crippen LogP contribution in [0.2, 0.25) is 0 Å². The van der Waals surface area contributed by atoms with Crippen LogP contribution in [0.3, 0.4) is 0 Å². The molecule has 0 amide bonds. The van der Waals surface area contributed by atoms with Gasteiger partial charge >= 0.3 is 0 Å². The third-order valence-electron chi connectivity index (χ3n) is 5.77. The Morgan fingerprint density at radius 1 is 1.29 bits per heavy atom. The second-order valence-electron chi connectivity index (χ2n) is 8.63. The van der Waals surface area contributed by atoms with E-state index >= 15 is 0 Å². The van der Waals surface area contributed by atoms with Gasteiger partial charge < -0.3 is 0 Å². The van der Waals surface area contributed by atoms with Crippen LogP contribution in [0.15, 0.2) is 0 Å². The van der Waals surface area contributed by atoms with Gasteiger partial charge in [0.2, 0.25) is 10.0 Å². The summed E-state index contributed by atoms with van der Waals surface area (Å²) in [5.74, 6) is 0.478. The maximum Gasteiger partial charge on any atom is 0.212 e. The summed E-state index contributed by atoms with van der Waals surface area (Å²) in [5, 5.41) is 0. The van der Waals surface area contributed by atoms with Crippen LogP contribution in [0.1, 0.15) is 60.3 Å². The summed E-state index contributed by atoms with van der Waals surface area (Å²) in [4.78, 5) is 12.4. The van der Waals surface area contributed by atoms with Crippen molar-refractivity contribution in [2.75, 3.05) is 12.3 Å². The van der Waals surface area contributed by atoms with Crippen molar-refractivity contribution < 1.29 is 13.2 Å². The number of ketones is 1. The normalized spacial score (nSPS) is 31.9. The van der Waals surface area contributed by atoms with E-state index < -0.39 is 15.4 Å². The number of rotatable bonds is 5. The first-order chi connectivity index (χ1) is 9.40. The first-order valence-corrected chi connectivity index (χ1v) is 9.56. The molecule has 2 bridgehead atoms. The van der Waals surface area contributed by atoms with Crippen molar-refractivity contribution in [3.63, 3.8) is 0 Å². The fraction of sp³-hybridized carbons (Fsp3) is 0.938. The lowest BCUT2D eigenvalue weighted by atomic mass is 9.70. The lowest BCUT2D eigenvalue weighted by Gasteiger charge is -2.36. The summed E-state index contributed by atoms with van der Waals surface area (Å²) in [6, 6.07) is 0. The summed E-state index contributed by atoms with van der Waals surface area (Å²) in [6.07, 6.45) is 3.06. The largest absolute Gasteiger partial charge is 0.299 e. The molecular formula is C16H29NO3S. The predicted octanol–water partition coefficient (Wildman–Crippen LogP) is 2.74. The third-order valence-corrected chi connectivity index (χ3v) is 7.29. The second-order valence-corrected chi connectivity index (χ2v) is 10.4. The van der Waals surface area contributed by atoms with Crippen molar-refractivity contribution in [3.8, 4) is 0 Å². The SMILES string of the molecule is CC(C)(C)CCNS(=O)(=O)C[C@@]12CC[C@@H](CC1=O)C2(C)C. The highest BCUT2D eigenvalue weighted by Gasteiger charge is 2.65. The molecule has 0 aromatic heterocycles. The third kappa shape index (κ3) is 3.04. The number of Topliss-reactive ketones (excluding diaryl/α,β-unsaturated/α-hetero) is 1. The molecule has 0 saturated heterocycles. The van der Waals surface area contributed by atoms with Gasteiger partial charge in [0, 0.05) is 18.4 Å². The number of nitrogens with one attached hydrogen (secondary N) is 1. The van der Waals surface area contributed by atoms with E-state index in [1.54, 1.807) is 0 Å². The maximum absolute atomic E-state index is 12.4. The molecule has 5 heteroatoms. The molecule has 2 rings (SSSR count). The van der Waals surface area contributed by atoms with Gasteiger partial charge in [0.15, 0.2) is 0 Å². The van der Waals surface area contributed by atoms with E-state index in [9.17, 15) is 13.2 Å². The van der Waals surface area contributed by atoms with Crippen LogP contribution in [-0.4, -0.2) is 26.5 Å². The van der Waals surface area contributed by atoms with Crippen LogP contribution in [0, 0.1) is 22.2 Å². The standard InChI is InChI=1S/C16H29NO3S/c1-14(2,3)8-9-17-21(19,20)11-16-7-6-12(10-13(16)18)15(16,4)5/h12,17H,6-11H2,1-5H3/t12-,16-/m0/s1. The Labute approximate surface area is 129 Å². The van der Waals surface area contributed by atoms with Crippen LogP contribution < -0.4 is 4.72 Å². The number of fused-ring (bicyclic) bond motifs is 2. The lowest BCUT2D eigenvalue weighted by Crippen LogP contribution is -2.45. The van der Waals surface area contributed by atoms with Crippen LogP contribution in [-0.2, 0) is 14.8 Å². The van der Waals surface area contributed by atoms with Crippen molar-refractivity contribution in [3.05, 3.63) is 0 Å². The molecule has 0 heterocycles. The predicted molar refractivity (Wildman–Crippen MR) is 84.4 cm³/mol. The highest BCUT2D eigenvalue weighted by molar-refractivity contribution is 7.89. The lowest BCUT2D eigenvalue weighted by molar-refractivity contribution is -0.128. The van der Waals surface area contributed by atoms with Crippen molar-refractivity contribution in [2.45, 2.75) is 60.3 Å². The average Bonchev–Trinajstić information content (AvgIpc) is 2.59. The summed E-state index contributed by atoms with van der Waals surface area (Å²) < 4.78 is 27.5. The minimum Gasteiger partial charge on any atom is -0.299 e. The van der Waals surface area contributed by atoms with Crippen LogP contribution in [0.5, 0.6) is 0 Å². The van der Waals surface area contributed by atoms with Crippen molar-refractivity contribution in [1.29, 1.82) is 0 Å². The molecule has 4 nitrogen and oxygen atoms in total. The van der Waals surface area contributed by atoms with Crippen molar-refractivity contribution >= 4 is 15.8 Å². The summed E-state index contributed by atoms with van der Waals surface area (Å²) in [5.41, 5.74) is -0.754. The zero-order valence-corrected chi connectivity index (χ0v) is 14.8. The molecule has 122 valence electrons. The van der Waals surface area contributed by atoms with E-state index in [2.05, 4.69) is 39.3 Å². The summed E-state index contributed by atoms with van der Waals surface area (Å²) in [7, 11) is -3.41. The average molecular weight is 315 g/mol. The van der Waals surface area contributed by atoms with Gasteiger partial charge in [-0.05, 0) is 36.0 Å². The molecule has 0 aromatic carbocycles.